The molecule has 2 aromatic carbocycles. The van der Waals surface area contributed by atoms with Crippen LogP contribution in [0.25, 0.3) is 11.1 Å². The number of hydrogen-bond acceptors (Lipinski definition) is 6. The topological polar surface area (TPSA) is 97.8 Å². The van der Waals surface area contributed by atoms with Crippen LogP contribution < -0.4 is 10.1 Å². The maximum absolute atomic E-state index is 12.3. The van der Waals surface area contributed by atoms with Crippen LogP contribution in [-0.2, 0) is 9.53 Å². The smallest absolute Gasteiger partial charge is 0.325 e. The van der Waals surface area contributed by atoms with Crippen molar-refractivity contribution < 1.29 is 24.2 Å². The van der Waals surface area contributed by atoms with Gasteiger partial charge in [-0.05, 0) is 43.7 Å². The van der Waals surface area contributed by atoms with Gasteiger partial charge in [-0.2, -0.15) is 0 Å². The van der Waals surface area contributed by atoms with Gasteiger partial charge in [0.05, 0.1) is 6.61 Å². The lowest BCUT2D eigenvalue weighted by atomic mass is 10.0. The summed E-state index contributed by atoms with van der Waals surface area (Å²) in [6.45, 7) is 3.29. The summed E-state index contributed by atoms with van der Waals surface area (Å²) in [5.41, 5.74) is 1.77. The van der Waals surface area contributed by atoms with Crippen LogP contribution in [0.2, 0.25) is 0 Å². The Morgan fingerprint density at radius 3 is 2.53 bits per heavy atom. The van der Waals surface area contributed by atoms with Gasteiger partial charge in [0.1, 0.15) is 23.8 Å². The van der Waals surface area contributed by atoms with E-state index in [9.17, 15) is 14.7 Å². The quantitative estimate of drug-likeness (QED) is 0.579. The summed E-state index contributed by atoms with van der Waals surface area (Å²) in [6, 6.07) is 16.8. The van der Waals surface area contributed by atoms with Crippen LogP contribution >= 0.6 is 0 Å². The second-order valence-electron chi connectivity index (χ2n) is 6.42. The van der Waals surface area contributed by atoms with Gasteiger partial charge >= 0.3 is 5.97 Å². The zero-order valence-corrected chi connectivity index (χ0v) is 16.7. The van der Waals surface area contributed by atoms with Gasteiger partial charge in [0, 0.05) is 17.3 Å². The molecule has 30 heavy (non-hydrogen) atoms. The van der Waals surface area contributed by atoms with Crippen molar-refractivity contribution in [1.29, 1.82) is 0 Å². The van der Waals surface area contributed by atoms with E-state index in [0.29, 0.717) is 22.6 Å². The summed E-state index contributed by atoms with van der Waals surface area (Å²) in [4.78, 5) is 27.8. The highest BCUT2D eigenvalue weighted by Crippen LogP contribution is 2.33. The summed E-state index contributed by atoms with van der Waals surface area (Å²) in [6.07, 6.45) is 1.51. The van der Waals surface area contributed by atoms with Crippen molar-refractivity contribution in [3.63, 3.8) is 0 Å². The minimum Gasteiger partial charge on any atom is -0.505 e. The Bertz CT molecular complexity index is 1050. The van der Waals surface area contributed by atoms with E-state index >= 15 is 0 Å². The molecule has 0 saturated heterocycles. The Kier molecular flexibility index (Phi) is 6.64. The third kappa shape index (κ3) is 4.94. The number of nitrogens with one attached hydrogen (secondary N) is 1. The van der Waals surface area contributed by atoms with E-state index in [4.69, 9.17) is 9.47 Å². The predicted molar refractivity (Wildman–Crippen MR) is 112 cm³/mol. The van der Waals surface area contributed by atoms with Gasteiger partial charge in [0.2, 0.25) is 0 Å². The van der Waals surface area contributed by atoms with Crippen LogP contribution in [0.3, 0.4) is 0 Å². The Balaban J connectivity index is 1.81. The maximum Gasteiger partial charge on any atom is 0.325 e. The lowest BCUT2D eigenvalue weighted by molar-refractivity contribution is -0.141. The molecule has 0 aliphatic heterocycles. The Morgan fingerprint density at radius 1 is 1.07 bits per heavy atom. The van der Waals surface area contributed by atoms with Gasteiger partial charge in [-0.15, -0.1) is 0 Å². The fourth-order valence-corrected chi connectivity index (χ4v) is 2.85. The molecule has 1 aromatic heterocycles. The zero-order chi connectivity index (χ0) is 21.5. The number of esters is 1. The van der Waals surface area contributed by atoms with Crippen LogP contribution in [0.4, 0.5) is 0 Å². The molecule has 0 radical (unpaired) electrons. The third-order valence-electron chi connectivity index (χ3n) is 4.34. The Morgan fingerprint density at radius 2 is 1.80 bits per heavy atom. The normalized spacial score (nSPS) is 10.3. The van der Waals surface area contributed by atoms with Crippen molar-refractivity contribution in [2.24, 2.45) is 0 Å². The summed E-state index contributed by atoms with van der Waals surface area (Å²) >= 11 is 0. The number of hydrogen-bond donors (Lipinski definition) is 2. The number of benzene rings is 2. The summed E-state index contributed by atoms with van der Waals surface area (Å²) in [5.74, 6) is -0.122. The fraction of sp³-hybridized carbons (Fsp3) is 0.174. The van der Waals surface area contributed by atoms with E-state index in [1.165, 1.54) is 6.20 Å². The molecular formula is C23H22N2O5. The van der Waals surface area contributed by atoms with E-state index in [0.717, 1.165) is 5.56 Å². The molecule has 0 spiro atoms. The number of carbonyl (C=O) groups excluding carboxylic acids is 2. The van der Waals surface area contributed by atoms with E-state index < -0.39 is 11.9 Å². The lowest BCUT2D eigenvalue weighted by Gasteiger charge is -2.13. The molecule has 3 rings (SSSR count). The number of rotatable bonds is 7. The molecule has 1 amide bonds. The minimum absolute atomic E-state index is 0.155. The number of para-hydroxylation sites is 1. The van der Waals surface area contributed by atoms with Crippen molar-refractivity contribution in [1.82, 2.24) is 10.3 Å². The monoisotopic (exact) mass is 406 g/mol. The molecule has 0 aliphatic carbocycles. The largest absolute Gasteiger partial charge is 0.505 e. The standard InChI is InChI=1S/C23H22N2O5/c1-3-29-20(26)14-25-23(28)21-22(27)15(2)19(13-24-21)16-8-7-11-18(12-16)30-17-9-5-4-6-10-17/h4-13,27H,3,14H2,1-2H3,(H,25,28). The first-order valence-electron chi connectivity index (χ1n) is 9.45. The first-order chi connectivity index (χ1) is 14.5. The molecule has 154 valence electrons. The van der Waals surface area contributed by atoms with Gasteiger partial charge in [-0.1, -0.05) is 30.3 Å². The van der Waals surface area contributed by atoms with Crippen molar-refractivity contribution in [2.75, 3.05) is 13.2 Å². The average molecular weight is 406 g/mol. The van der Waals surface area contributed by atoms with E-state index in [-0.39, 0.29) is 24.6 Å². The molecule has 7 heteroatoms. The Labute approximate surface area is 174 Å². The number of aromatic hydroxyl groups is 1. The zero-order valence-electron chi connectivity index (χ0n) is 16.7. The van der Waals surface area contributed by atoms with Gasteiger partial charge in [-0.3, -0.25) is 9.59 Å². The molecule has 0 unspecified atom stereocenters. The van der Waals surface area contributed by atoms with Gasteiger partial charge < -0.3 is 19.9 Å². The molecule has 3 aromatic rings. The predicted octanol–water partition coefficient (Wildman–Crippen LogP) is 3.85. The maximum atomic E-state index is 12.3. The van der Waals surface area contributed by atoms with Gasteiger partial charge in [-0.25, -0.2) is 4.98 Å². The van der Waals surface area contributed by atoms with Crippen LogP contribution in [0.15, 0.2) is 60.8 Å². The Hall–Kier alpha value is -3.87. The van der Waals surface area contributed by atoms with Crippen LogP contribution in [0, 0.1) is 6.92 Å². The van der Waals surface area contributed by atoms with Crippen molar-refractivity contribution in [3.05, 3.63) is 72.1 Å². The SMILES string of the molecule is CCOC(=O)CNC(=O)c1ncc(-c2cccc(Oc3ccccc3)c2)c(C)c1O. The average Bonchev–Trinajstić information content (AvgIpc) is 2.75. The van der Waals surface area contributed by atoms with Crippen LogP contribution in [0.5, 0.6) is 17.2 Å². The number of amides is 1. The van der Waals surface area contributed by atoms with Crippen molar-refractivity contribution in [2.45, 2.75) is 13.8 Å². The molecule has 1 heterocycles. The highest BCUT2D eigenvalue weighted by atomic mass is 16.5. The molecule has 7 nitrogen and oxygen atoms in total. The lowest BCUT2D eigenvalue weighted by Crippen LogP contribution is -2.31. The minimum atomic E-state index is -0.656. The molecule has 2 N–H and O–H groups in total. The van der Waals surface area contributed by atoms with Gasteiger partial charge in [0.25, 0.3) is 5.91 Å². The number of carbonyl (C=O) groups is 2. The molecule has 0 bridgehead atoms. The first-order valence-corrected chi connectivity index (χ1v) is 9.45. The van der Waals surface area contributed by atoms with Crippen LogP contribution in [0.1, 0.15) is 23.0 Å². The molecule has 0 aliphatic rings. The highest BCUT2D eigenvalue weighted by Gasteiger charge is 2.19. The summed E-state index contributed by atoms with van der Waals surface area (Å²) in [5, 5.41) is 12.9. The fourth-order valence-electron chi connectivity index (χ4n) is 2.85. The van der Waals surface area contributed by atoms with Crippen molar-refractivity contribution >= 4 is 11.9 Å². The molecular weight excluding hydrogens is 384 g/mol. The summed E-state index contributed by atoms with van der Waals surface area (Å²) in [7, 11) is 0. The van der Waals surface area contributed by atoms with Crippen molar-refractivity contribution in [3.8, 4) is 28.4 Å². The number of ether oxygens (including phenoxy) is 2. The number of aromatic nitrogens is 1. The number of pyridine rings is 1. The number of nitrogens with zero attached hydrogens (tertiary/aromatic N) is 1. The third-order valence-corrected chi connectivity index (χ3v) is 4.34. The van der Waals surface area contributed by atoms with E-state index in [2.05, 4.69) is 10.3 Å². The van der Waals surface area contributed by atoms with E-state index in [1.54, 1.807) is 13.8 Å². The first kappa shape index (κ1) is 20.9. The summed E-state index contributed by atoms with van der Waals surface area (Å²) < 4.78 is 10.6. The molecule has 0 atom stereocenters. The van der Waals surface area contributed by atoms with Gasteiger partial charge in [0.15, 0.2) is 5.69 Å². The second-order valence-corrected chi connectivity index (χ2v) is 6.42. The molecule has 0 saturated carbocycles. The van der Waals surface area contributed by atoms with E-state index in [1.807, 2.05) is 54.6 Å². The second kappa shape index (κ2) is 9.56. The highest BCUT2D eigenvalue weighted by molar-refractivity contribution is 5.97. The molecule has 0 fully saturated rings. The van der Waals surface area contributed by atoms with Crippen LogP contribution in [-0.4, -0.2) is 35.1 Å².